The molecule has 0 radical (unpaired) electrons. The molecule has 2 aromatic heterocycles. The van der Waals surface area contributed by atoms with Gasteiger partial charge in [-0.05, 0) is 57.1 Å². The highest BCUT2D eigenvalue weighted by Gasteiger charge is 2.23. The van der Waals surface area contributed by atoms with Crippen LogP contribution in [0.4, 0.5) is 11.6 Å². The molecule has 0 spiro atoms. The molecular weight excluding hydrogens is 354 g/mol. The molecule has 0 bridgehead atoms. The molecule has 0 saturated carbocycles. The van der Waals surface area contributed by atoms with Gasteiger partial charge in [-0.2, -0.15) is 0 Å². The maximum absolute atomic E-state index is 12.1. The van der Waals surface area contributed by atoms with Crippen LogP contribution in [0.15, 0.2) is 42.6 Å². The van der Waals surface area contributed by atoms with Crippen LogP contribution < -0.4 is 10.6 Å². The summed E-state index contributed by atoms with van der Waals surface area (Å²) in [6.07, 6.45) is 3.76. The molecule has 1 aliphatic rings. The molecule has 150 valence electrons. The number of amides is 1. The number of hydrogen-bond acceptors (Lipinski definition) is 6. The zero-order chi connectivity index (χ0) is 19.8. The van der Waals surface area contributed by atoms with E-state index in [0.717, 1.165) is 43.3 Å². The fraction of sp³-hybridized carbons (Fsp3) is 0.476. The van der Waals surface area contributed by atoms with Crippen LogP contribution in [0.25, 0.3) is 0 Å². The summed E-state index contributed by atoms with van der Waals surface area (Å²) in [5.41, 5.74) is 1.10. The number of rotatable bonds is 8. The second kappa shape index (κ2) is 10.1. The zero-order valence-electron chi connectivity index (χ0n) is 16.6. The van der Waals surface area contributed by atoms with Crippen molar-refractivity contribution in [3.8, 4) is 0 Å². The van der Waals surface area contributed by atoms with Crippen LogP contribution in [0.2, 0.25) is 0 Å². The fourth-order valence-electron chi connectivity index (χ4n) is 3.52. The summed E-state index contributed by atoms with van der Waals surface area (Å²) < 4.78 is 5.06. The highest BCUT2D eigenvalue weighted by Crippen LogP contribution is 2.27. The van der Waals surface area contributed by atoms with Crippen LogP contribution in [0.3, 0.4) is 0 Å². The van der Waals surface area contributed by atoms with E-state index in [1.165, 1.54) is 0 Å². The van der Waals surface area contributed by atoms with Gasteiger partial charge in [0.1, 0.15) is 11.6 Å². The Labute approximate surface area is 166 Å². The van der Waals surface area contributed by atoms with Crippen molar-refractivity contribution in [2.45, 2.75) is 31.7 Å². The Kier molecular flexibility index (Phi) is 7.33. The van der Waals surface area contributed by atoms with Crippen molar-refractivity contribution >= 4 is 17.5 Å². The van der Waals surface area contributed by atoms with Gasteiger partial charge in [0.2, 0.25) is 5.91 Å². The largest absolute Gasteiger partial charge is 0.383 e. The summed E-state index contributed by atoms with van der Waals surface area (Å²) in [4.78, 5) is 23.4. The van der Waals surface area contributed by atoms with Gasteiger partial charge in [-0.1, -0.05) is 12.1 Å². The molecule has 7 heteroatoms. The molecule has 0 aliphatic carbocycles. The van der Waals surface area contributed by atoms with Gasteiger partial charge >= 0.3 is 0 Å². The Morgan fingerprint density at radius 2 is 2.00 bits per heavy atom. The third kappa shape index (κ3) is 6.00. The van der Waals surface area contributed by atoms with Crippen LogP contribution in [0.1, 0.15) is 31.4 Å². The number of methoxy groups -OCH3 is 1. The van der Waals surface area contributed by atoms with E-state index in [1.807, 2.05) is 37.3 Å². The van der Waals surface area contributed by atoms with Gasteiger partial charge in [0, 0.05) is 31.0 Å². The normalized spacial score (nSPS) is 16.5. The minimum absolute atomic E-state index is 0.0357. The van der Waals surface area contributed by atoms with Crippen LogP contribution in [0, 0.1) is 0 Å². The molecule has 1 fully saturated rings. The average Bonchev–Trinajstić information content (AvgIpc) is 2.69. The number of hydrogen-bond donors (Lipinski definition) is 2. The van der Waals surface area contributed by atoms with Gasteiger partial charge in [-0.15, -0.1) is 0 Å². The molecule has 2 N–H and O–H groups in total. The number of pyridine rings is 2. The van der Waals surface area contributed by atoms with E-state index in [2.05, 4.69) is 26.6 Å². The molecular formula is C21H29N5O2. The molecule has 1 atom stereocenters. The molecule has 3 heterocycles. The summed E-state index contributed by atoms with van der Waals surface area (Å²) >= 11 is 0. The number of ether oxygens (including phenoxy) is 1. The SMILES string of the molecule is COCC(C)NC(=O)CN1CCC(c2cccc(Nc3ccccn3)n2)CC1. The van der Waals surface area contributed by atoms with Crippen molar-refractivity contribution in [3.05, 3.63) is 48.3 Å². The molecule has 1 unspecified atom stereocenters. The lowest BCUT2D eigenvalue weighted by Gasteiger charge is -2.31. The Bertz CT molecular complexity index is 747. The maximum Gasteiger partial charge on any atom is 0.234 e. The van der Waals surface area contributed by atoms with Gasteiger partial charge in [0.25, 0.3) is 0 Å². The zero-order valence-corrected chi connectivity index (χ0v) is 16.6. The first-order valence-electron chi connectivity index (χ1n) is 9.79. The lowest BCUT2D eigenvalue weighted by atomic mass is 9.93. The summed E-state index contributed by atoms with van der Waals surface area (Å²) in [6, 6.07) is 11.9. The minimum Gasteiger partial charge on any atom is -0.383 e. The van der Waals surface area contributed by atoms with Gasteiger partial charge in [-0.25, -0.2) is 9.97 Å². The second-order valence-electron chi connectivity index (χ2n) is 7.26. The lowest BCUT2D eigenvalue weighted by Crippen LogP contribution is -2.44. The van der Waals surface area contributed by atoms with Crippen molar-refractivity contribution in [1.29, 1.82) is 0 Å². The van der Waals surface area contributed by atoms with Crippen molar-refractivity contribution in [2.75, 3.05) is 38.7 Å². The van der Waals surface area contributed by atoms with Crippen molar-refractivity contribution in [1.82, 2.24) is 20.2 Å². The summed E-state index contributed by atoms with van der Waals surface area (Å²) in [5, 5.41) is 6.22. The topological polar surface area (TPSA) is 79.4 Å². The van der Waals surface area contributed by atoms with E-state index in [-0.39, 0.29) is 11.9 Å². The number of carbonyl (C=O) groups is 1. The lowest BCUT2D eigenvalue weighted by molar-refractivity contribution is -0.123. The first kappa shape index (κ1) is 20.2. The van der Waals surface area contributed by atoms with Gasteiger partial charge in [0.15, 0.2) is 0 Å². The number of piperidine rings is 1. The van der Waals surface area contributed by atoms with Crippen LogP contribution in [0.5, 0.6) is 0 Å². The standard InChI is InChI=1S/C21H29N5O2/c1-16(15-28-2)23-21(27)14-26-12-9-17(10-13-26)18-6-5-8-20(24-18)25-19-7-3-4-11-22-19/h3-8,11,16-17H,9-10,12-15H2,1-2H3,(H,23,27)(H,22,24,25). The van der Waals surface area contributed by atoms with Gasteiger partial charge in [0.05, 0.1) is 13.2 Å². The van der Waals surface area contributed by atoms with Crippen molar-refractivity contribution in [2.24, 2.45) is 0 Å². The van der Waals surface area contributed by atoms with Gasteiger partial charge in [-0.3, -0.25) is 9.69 Å². The quantitative estimate of drug-likeness (QED) is 0.729. The van der Waals surface area contributed by atoms with Gasteiger partial charge < -0.3 is 15.4 Å². The van der Waals surface area contributed by atoms with E-state index in [9.17, 15) is 4.79 Å². The Morgan fingerprint density at radius 1 is 1.21 bits per heavy atom. The summed E-state index contributed by atoms with van der Waals surface area (Å²) in [7, 11) is 1.64. The summed E-state index contributed by atoms with van der Waals surface area (Å²) in [5.74, 6) is 2.07. The first-order chi connectivity index (χ1) is 13.6. The maximum atomic E-state index is 12.1. The first-order valence-corrected chi connectivity index (χ1v) is 9.79. The summed E-state index contributed by atoms with van der Waals surface area (Å²) in [6.45, 7) is 4.72. The highest BCUT2D eigenvalue weighted by atomic mass is 16.5. The number of anilines is 2. The fourth-order valence-corrected chi connectivity index (χ4v) is 3.52. The third-order valence-electron chi connectivity index (χ3n) is 4.89. The number of nitrogens with zero attached hydrogens (tertiary/aromatic N) is 3. The molecule has 7 nitrogen and oxygen atoms in total. The highest BCUT2D eigenvalue weighted by molar-refractivity contribution is 5.78. The molecule has 28 heavy (non-hydrogen) atoms. The number of likely N-dealkylation sites (tertiary alicyclic amines) is 1. The van der Waals surface area contributed by atoms with Crippen LogP contribution in [-0.2, 0) is 9.53 Å². The van der Waals surface area contributed by atoms with E-state index in [0.29, 0.717) is 19.1 Å². The van der Waals surface area contributed by atoms with E-state index < -0.39 is 0 Å². The molecule has 3 rings (SSSR count). The molecule has 1 aliphatic heterocycles. The molecule has 1 amide bonds. The van der Waals surface area contributed by atoms with Crippen molar-refractivity contribution in [3.63, 3.8) is 0 Å². The second-order valence-corrected chi connectivity index (χ2v) is 7.26. The Morgan fingerprint density at radius 3 is 2.71 bits per heavy atom. The van der Waals surface area contributed by atoms with Crippen LogP contribution >= 0.6 is 0 Å². The smallest absolute Gasteiger partial charge is 0.234 e. The predicted molar refractivity (Wildman–Crippen MR) is 110 cm³/mol. The monoisotopic (exact) mass is 383 g/mol. The number of aromatic nitrogens is 2. The molecule has 0 aromatic carbocycles. The minimum atomic E-state index is 0.0357. The number of nitrogens with one attached hydrogen (secondary N) is 2. The third-order valence-corrected chi connectivity index (χ3v) is 4.89. The molecule has 1 saturated heterocycles. The van der Waals surface area contributed by atoms with E-state index in [1.54, 1.807) is 13.3 Å². The Balaban J connectivity index is 1.49. The number of carbonyl (C=O) groups excluding carboxylic acids is 1. The van der Waals surface area contributed by atoms with Crippen molar-refractivity contribution < 1.29 is 9.53 Å². The average molecular weight is 383 g/mol. The molecule has 2 aromatic rings. The Hall–Kier alpha value is -2.51. The van der Waals surface area contributed by atoms with E-state index in [4.69, 9.17) is 9.72 Å². The van der Waals surface area contributed by atoms with E-state index >= 15 is 0 Å². The predicted octanol–water partition coefficient (Wildman–Crippen LogP) is 2.55. The van der Waals surface area contributed by atoms with Crippen LogP contribution in [-0.4, -0.2) is 60.2 Å².